The highest BCUT2D eigenvalue weighted by atomic mass is 16.6. The fourth-order valence-corrected chi connectivity index (χ4v) is 10.1. The third-order valence-electron chi connectivity index (χ3n) is 13.1. The summed E-state index contributed by atoms with van der Waals surface area (Å²) < 4.78 is 44.3. The Kier molecular flexibility index (Phi) is 12.6. The zero-order valence-corrected chi connectivity index (χ0v) is 31.2. The Labute approximate surface area is 312 Å². The lowest BCUT2D eigenvalue weighted by Gasteiger charge is -2.46. The second kappa shape index (κ2) is 16.9. The van der Waals surface area contributed by atoms with Gasteiger partial charge in [0.15, 0.2) is 0 Å². The average Bonchev–Trinajstić information content (AvgIpc) is 3.76. The van der Waals surface area contributed by atoms with E-state index in [0.29, 0.717) is 32.1 Å². The van der Waals surface area contributed by atoms with Gasteiger partial charge in [0.1, 0.15) is 42.1 Å². The van der Waals surface area contributed by atoms with Gasteiger partial charge in [-0.15, -0.1) is 0 Å². The number of rotatable bonds is 4. The van der Waals surface area contributed by atoms with Gasteiger partial charge in [-0.2, -0.15) is 0 Å². The van der Waals surface area contributed by atoms with E-state index in [2.05, 4.69) is 20.1 Å². The average molecular weight is 749 g/mol. The smallest absolute Gasteiger partial charge is 0.135 e. The van der Waals surface area contributed by atoms with Gasteiger partial charge in [-0.3, -0.25) is 9.59 Å². The standard InChI is InChI=1S/C40H60O13/c1-19-11-26-7-9-29-20(2)12-25(48-29)6-5-22(42)15-33-35(45)39-40(53-33)36(46)38-30(52-39)10-8-27(50-38)13-23(43)14-28-32(17-31(49-26)21(19)3)51-34(37(28)47-4)16-24(44)18-41/h19,24-41,44-46H,2-3,5-18H2,1,4H3/t19-,24+,25+,26+,27-,28+,29+,30+,31-,32?,33+,34-,35+,36+,37-,38+,39+,40+/m1/s1. The van der Waals surface area contributed by atoms with Crippen molar-refractivity contribution < 1.29 is 63.2 Å². The minimum Gasteiger partial charge on any atom is -0.394 e. The molecular formula is C40H60O13. The maximum absolute atomic E-state index is 13.9. The number of carbonyl (C=O) groups excluding carboxylic acids is 2. The van der Waals surface area contributed by atoms with Gasteiger partial charge in [-0.05, 0) is 62.0 Å². The van der Waals surface area contributed by atoms with Gasteiger partial charge >= 0.3 is 0 Å². The number of aliphatic hydroxyl groups is 4. The molecule has 0 radical (unpaired) electrons. The van der Waals surface area contributed by atoms with Crippen LogP contribution in [0.15, 0.2) is 24.3 Å². The number of hydrogen-bond acceptors (Lipinski definition) is 13. The Hall–Kier alpha value is -1.62. The molecule has 0 amide bonds. The number of methoxy groups -OCH3 is 1. The number of ether oxygens (including phenoxy) is 7. The van der Waals surface area contributed by atoms with Gasteiger partial charge in [0, 0.05) is 51.6 Å². The van der Waals surface area contributed by atoms with Gasteiger partial charge in [0.2, 0.25) is 0 Å². The van der Waals surface area contributed by atoms with Crippen LogP contribution in [0.3, 0.4) is 0 Å². The lowest BCUT2D eigenvalue weighted by atomic mass is 9.81. The van der Waals surface area contributed by atoms with E-state index in [9.17, 15) is 30.0 Å². The Bertz CT molecular complexity index is 1340. The van der Waals surface area contributed by atoms with E-state index in [4.69, 9.17) is 33.2 Å². The first-order chi connectivity index (χ1) is 25.4. The Morgan fingerprint density at radius 1 is 0.736 bits per heavy atom. The monoisotopic (exact) mass is 748 g/mol. The predicted molar refractivity (Wildman–Crippen MR) is 189 cm³/mol. The molecule has 13 heteroatoms. The molecule has 7 heterocycles. The first-order valence-electron chi connectivity index (χ1n) is 19.9. The van der Waals surface area contributed by atoms with Crippen LogP contribution < -0.4 is 0 Å². The normalized spacial score (nSPS) is 47.7. The lowest BCUT2D eigenvalue weighted by molar-refractivity contribution is -0.259. The molecule has 7 fully saturated rings. The molecule has 0 aliphatic carbocycles. The van der Waals surface area contributed by atoms with Crippen LogP contribution in [0.5, 0.6) is 0 Å². The van der Waals surface area contributed by atoms with Gasteiger partial charge in [-0.1, -0.05) is 20.1 Å². The highest BCUT2D eigenvalue weighted by Gasteiger charge is 2.57. The fraction of sp³-hybridized carbons (Fsp3) is 0.850. The van der Waals surface area contributed by atoms with E-state index in [1.165, 1.54) is 0 Å². The summed E-state index contributed by atoms with van der Waals surface area (Å²) in [6.45, 7) is 10.4. The summed E-state index contributed by atoms with van der Waals surface area (Å²) >= 11 is 0. The Balaban J connectivity index is 1.11. The van der Waals surface area contributed by atoms with Crippen LogP contribution in [0.4, 0.5) is 0 Å². The molecule has 7 aliphatic rings. The third kappa shape index (κ3) is 8.56. The number of Topliss-reactive ketones (excluding diaryl/α,β-unsaturated/α-hetero) is 2. The molecule has 1 unspecified atom stereocenters. The van der Waals surface area contributed by atoms with Gasteiger partial charge in [0.25, 0.3) is 0 Å². The quantitative estimate of drug-likeness (QED) is 0.308. The first-order valence-corrected chi connectivity index (χ1v) is 19.9. The Morgan fingerprint density at radius 3 is 2.23 bits per heavy atom. The van der Waals surface area contributed by atoms with Gasteiger partial charge in [-0.25, -0.2) is 0 Å². The van der Waals surface area contributed by atoms with Crippen LogP contribution in [-0.4, -0.2) is 143 Å². The highest BCUT2D eigenvalue weighted by molar-refractivity contribution is 5.79. The van der Waals surface area contributed by atoms with Gasteiger partial charge in [0.05, 0.1) is 73.8 Å². The zero-order valence-electron chi connectivity index (χ0n) is 31.2. The van der Waals surface area contributed by atoms with Crippen LogP contribution >= 0.6 is 0 Å². The first kappa shape index (κ1) is 39.6. The maximum Gasteiger partial charge on any atom is 0.135 e. The SMILES string of the molecule is C=C1C[C@@H]2CCC(=O)C[C@@H]3O[C@H]4[C@@H](O)[C@H]5O[C@H](CC[C@@H]5O[C@H]4[C@H]3O)CC(=O)C[C@H]3C(C[C@H]4O[C@@H](CC[C@@H]1O2)C[C@@H](C)C4=C)O[C@H](C[C@H](O)CO)[C@@H]3OC. The number of hydrogen-bond donors (Lipinski definition) is 4. The zero-order chi connectivity index (χ0) is 37.6. The molecule has 298 valence electrons. The molecule has 13 nitrogen and oxygen atoms in total. The van der Waals surface area contributed by atoms with Crippen molar-refractivity contribution in [2.45, 2.75) is 188 Å². The van der Waals surface area contributed by atoms with Crippen LogP contribution in [0.25, 0.3) is 0 Å². The molecule has 18 atom stereocenters. The van der Waals surface area contributed by atoms with Gasteiger partial charge < -0.3 is 53.6 Å². The summed E-state index contributed by atoms with van der Waals surface area (Å²) in [6, 6.07) is 0. The molecular weight excluding hydrogens is 688 g/mol. The second-order valence-corrected chi connectivity index (χ2v) is 16.8. The molecule has 0 aromatic carbocycles. The van der Waals surface area contributed by atoms with E-state index >= 15 is 0 Å². The molecule has 0 aromatic rings. The molecule has 0 saturated carbocycles. The molecule has 0 aromatic heterocycles. The largest absolute Gasteiger partial charge is 0.394 e. The molecule has 8 bridgehead atoms. The lowest BCUT2D eigenvalue weighted by Crippen LogP contribution is -2.61. The summed E-state index contributed by atoms with van der Waals surface area (Å²) in [7, 11) is 1.58. The van der Waals surface area contributed by atoms with E-state index in [0.717, 1.165) is 30.4 Å². The predicted octanol–water partition coefficient (Wildman–Crippen LogP) is 2.27. The molecule has 7 aliphatic heterocycles. The number of aliphatic hydroxyl groups excluding tert-OH is 4. The van der Waals surface area contributed by atoms with Crippen molar-refractivity contribution in [2.24, 2.45) is 11.8 Å². The molecule has 7 saturated heterocycles. The minimum atomic E-state index is -1.10. The summed E-state index contributed by atoms with van der Waals surface area (Å²) in [5, 5.41) is 42.6. The summed E-state index contributed by atoms with van der Waals surface area (Å²) in [5.41, 5.74) is 2.00. The van der Waals surface area contributed by atoms with Crippen molar-refractivity contribution in [1.29, 1.82) is 0 Å². The second-order valence-electron chi connectivity index (χ2n) is 16.8. The van der Waals surface area contributed by atoms with E-state index in [-0.39, 0.29) is 79.9 Å². The Morgan fingerprint density at radius 2 is 1.45 bits per heavy atom. The number of ketones is 2. The van der Waals surface area contributed by atoms with E-state index in [1.54, 1.807) is 7.11 Å². The summed E-state index contributed by atoms with van der Waals surface area (Å²) in [5.74, 6) is -0.221. The van der Waals surface area contributed by atoms with Crippen LogP contribution in [-0.2, 0) is 42.7 Å². The van der Waals surface area contributed by atoms with Crippen molar-refractivity contribution in [3.05, 3.63) is 24.3 Å². The number of carbonyl (C=O) groups is 2. The van der Waals surface area contributed by atoms with E-state index < -0.39 is 79.9 Å². The maximum atomic E-state index is 13.9. The van der Waals surface area contributed by atoms with Crippen molar-refractivity contribution in [3.8, 4) is 0 Å². The fourth-order valence-electron chi connectivity index (χ4n) is 10.1. The van der Waals surface area contributed by atoms with Crippen LogP contribution in [0.1, 0.15) is 90.4 Å². The van der Waals surface area contributed by atoms with Crippen molar-refractivity contribution >= 4 is 11.6 Å². The molecule has 0 spiro atoms. The third-order valence-corrected chi connectivity index (χ3v) is 13.1. The summed E-state index contributed by atoms with van der Waals surface area (Å²) in [6.07, 6.45) is -3.55. The molecule has 53 heavy (non-hydrogen) atoms. The van der Waals surface area contributed by atoms with Crippen molar-refractivity contribution in [1.82, 2.24) is 0 Å². The van der Waals surface area contributed by atoms with Crippen LogP contribution in [0.2, 0.25) is 0 Å². The molecule has 4 N–H and O–H groups in total. The van der Waals surface area contributed by atoms with Crippen molar-refractivity contribution in [2.75, 3.05) is 13.7 Å². The van der Waals surface area contributed by atoms with Crippen LogP contribution in [0, 0.1) is 11.8 Å². The summed E-state index contributed by atoms with van der Waals surface area (Å²) in [4.78, 5) is 27.0. The molecule has 7 rings (SSSR count). The highest BCUT2D eigenvalue weighted by Crippen LogP contribution is 2.43. The van der Waals surface area contributed by atoms with Crippen molar-refractivity contribution in [3.63, 3.8) is 0 Å². The minimum absolute atomic E-state index is 0.00643. The topological polar surface area (TPSA) is 180 Å². The number of fused-ring (bicyclic) bond motifs is 7. The van der Waals surface area contributed by atoms with E-state index in [1.807, 2.05) is 0 Å².